The van der Waals surface area contributed by atoms with Crippen molar-refractivity contribution >= 4 is 15.7 Å². The summed E-state index contributed by atoms with van der Waals surface area (Å²) in [6, 6.07) is 0.501. The normalized spacial score (nSPS) is 12.2. The summed E-state index contributed by atoms with van der Waals surface area (Å²) in [5, 5.41) is 10.7. The maximum absolute atomic E-state index is 13.6. The molecule has 1 N–H and O–H groups in total. The van der Waals surface area contributed by atoms with Crippen LogP contribution in [0.5, 0.6) is 5.75 Å². The van der Waals surface area contributed by atoms with Gasteiger partial charge < -0.3 is 4.74 Å². The lowest BCUT2D eigenvalue weighted by molar-refractivity contribution is -0.386. The molecular formula is C9H8F4N2O5S. The number of hydrogen-bond donors (Lipinski definition) is 1. The Morgan fingerprint density at radius 1 is 1.38 bits per heavy atom. The van der Waals surface area contributed by atoms with Gasteiger partial charge in [0.25, 0.3) is 0 Å². The number of ether oxygens (including phenoxy) is 1. The van der Waals surface area contributed by atoms with Crippen molar-refractivity contribution in [3.8, 4) is 5.75 Å². The first-order chi connectivity index (χ1) is 9.48. The monoisotopic (exact) mass is 332 g/mol. The molecule has 0 bridgehead atoms. The first kappa shape index (κ1) is 17.1. The summed E-state index contributed by atoms with van der Waals surface area (Å²) in [5.41, 5.74) is -1.10. The number of benzene rings is 1. The molecule has 7 nitrogen and oxygen atoms in total. The first-order valence-electron chi connectivity index (χ1n) is 5.09. The van der Waals surface area contributed by atoms with Crippen LogP contribution in [0, 0.1) is 15.9 Å². The van der Waals surface area contributed by atoms with Gasteiger partial charge in [-0.05, 0) is 7.05 Å². The van der Waals surface area contributed by atoms with Crippen LogP contribution in [0.1, 0.15) is 0 Å². The van der Waals surface area contributed by atoms with Crippen molar-refractivity contribution in [2.45, 2.75) is 11.1 Å². The smallest absolute Gasteiger partial charge is 0.422 e. The Kier molecular flexibility index (Phi) is 4.73. The lowest BCUT2D eigenvalue weighted by Gasteiger charge is -2.11. The van der Waals surface area contributed by atoms with E-state index in [4.69, 9.17) is 0 Å². The second-order valence-electron chi connectivity index (χ2n) is 3.62. The predicted molar refractivity (Wildman–Crippen MR) is 60.8 cm³/mol. The number of halogens is 4. The van der Waals surface area contributed by atoms with Crippen molar-refractivity contribution in [3.63, 3.8) is 0 Å². The molecule has 0 spiro atoms. The largest absolute Gasteiger partial charge is 0.477 e. The zero-order valence-corrected chi connectivity index (χ0v) is 11.1. The van der Waals surface area contributed by atoms with Crippen LogP contribution in [0.2, 0.25) is 0 Å². The molecule has 0 radical (unpaired) electrons. The molecule has 0 fully saturated rings. The average molecular weight is 332 g/mol. The van der Waals surface area contributed by atoms with Gasteiger partial charge in [-0.1, -0.05) is 0 Å². The first-order valence-corrected chi connectivity index (χ1v) is 6.57. The molecule has 0 saturated heterocycles. The zero-order chi connectivity index (χ0) is 16.4. The lowest BCUT2D eigenvalue weighted by atomic mass is 10.3. The van der Waals surface area contributed by atoms with Gasteiger partial charge in [-0.25, -0.2) is 17.5 Å². The van der Waals surface area contributed by atoms with Gasteiger partial charge in [0.05, 0.1) is 4.92 Å². The molecule has 1 aromatic carbocycles. The molecule has 0 aromatic heterocycles. The Balaban J connectivity index is 3.35. The molecule has 0 amide bonds. The van der Waals surface area contributed by atoms with Gasteiger partial charge in [0.15, 0.2) is 12.4 Å². The van der Waals surface area contributed by atoms with Crippen LogP contribution in [0.3, 0.4) is 0 Å². The van der Waals surface area contributed by atoms with E-state index in [1.807, 2.05) is 0 Å². The van der Waals surface area contributed by atoms with E-state index in [0.717, 1.165) is 7.05 Å². The zero-order valence-electron chi connectivity index (χ0n) is 10.3. The molecule has 1 rings (SSSR count). The number of nitrogens with zero attached hydrogens (tertiary/aromatic N) is 1. The Labute approximate surface area is 115 Å². The third kappa shape index (κ3) is 4.26. The SMILES string of the molecule is CNS(=O)(=O)c1cc([N+](=O)[O-])c(OCC(F)(F)F)cc1F. The molecule has 118 valence electrons. The molecule has 0 unspecified atom stereocenters. The standard InChI is InChI=1S/C9H8F4N2O5S/c1-14-21(18,19)8-3-6(15(16)17)7(2-5(8)10)20-4-9(11,12)13/h2-3,14H,4H2,1H3. The van der Waals surface area contributed by atoms with E-state index in [2.05, 4.69) is 4.74 Å². The second kappa shape index (κ2) is 5.81. The minimum absolute atomic E-state index is 0.216. The van der Waals surface area contributed by atoms with Crippen LogP contribution < -0.4 is 9.46 Å². The number of nitro groups is 1. The van der Waals surface area contributed by atoms with Crippen LogP contribution in [0.4, 0.5) is 23.2 Å². The van der Waals surface area contributed by atoms with Gasteiger partial charge in [-0.2, -0.15) is 13.2 Å². The van der Waals surface area contributed by atoms with Gasteiger partial charge in [-0.3, -0.25) is 10.1 Å². The number of alkyl halides is 3. The van der Waals surface area contributed by atoms with Crippen LogP contribution in [-0.2, 0) is 10.0 Å². The number of nitrogens with one attached hydrogen (secondary N) is 1. The van der Waals surface area contributed by atoms with E-state index in [0.29, 0.717) is 0 Å². The summed E-state index contributed by atoms with van der Waals surface area (Å²) < 4.78 is 78.3. The summed E-state index contributed by atoms with van der Waals surface area (Å²) in [5.74, 6) is -2.50. The average Bonchev–Trinajstić information content (AvgIpc) is 2.34. The summed E-state index contributed by atoms with van der Waals surface area (Å²) in [7, 11) is -3.41. The minimum atomic E-state index is -4.79. The molecule has 0 aliphatic rings. The van der Waals surface area contributed by atoms with Crippen LogP contribution in [-0.4, -0.2) is 33.2 Å². The molecule has 0 heterocycles. The molecule has 0 saturated carbocycles. The van der Waals surface area contributed by atoms with Crippen molar-refractivity contribution < 1.29 is 35.6 Å². The second-order valence-corrected chi connectivity index (χ2v) is 5.47. The van der Waals surface area contributed by atoms with E-state index in [1.54, 1.807) is 4.72 Å². The van der Waals surface area contributed by atoms with Gasteiger partial charge in [0.1, 0.15) is 10.7 Å². The van der Waals surface area contributed by atoms with Gasteiger partial charge >= 0.3 is 11.9 Å². The fourth-order valence-electron chi connectivity index (χ4n) is 1.26. The topological polar surface area (TPSA) is 98.5 Å². The number of sulfonamides is 1. The highest BCUT2D eigenvalue weighted by Gasteiger charge is 2.32. The maximum Gasteiger partial charge on any atom is 0.422 e. The van der Waals surface area contributed by atoms with Gasteiger partial charge in [0, 0.05) is 12.1 Å². The van der Waals surface area contributed by atoms with Gasteiger partial charge in [0.2, 0.25) is 10.0 Å². The highest BCUT2D eigenvalue weighted by Crippen LogP contribution is 2.33. The highest BCUT2D eigenvalue weighted by atomic mass is 32.2. The van der Waals surface area contributed by atoms with Crippen molar-refractivity contribution in [2.75, 3.05) is 13.7 Å². The van der Waals surface area contributed by atoms with Gasteiger partial charge in [-0.15, -0.1) is 0 Å². The fourth-order valence-corrected chi connectivity index (χ4v) is 2.06. The fraction of sp³-hybridized carbons (Fsp3) is 0.333. The molecule has 0 aliphatic heterocycles. The minimum Gasteiger partial charge on any atom is -0.477 e. The Hall–Kier alpha value is -1.95. The number of nitro benzene ring substituents is 1. The number of hydrogen-bond acceptors (Lipinski definition) is 5. The summed E-state index contributed by atoms with van der Waals surface area (Å²) in [4.78, 5) is 8.48. The highest BCUT2D eigenvalue weighted by molar-refractivity contribution is 7.89. The molecular weight excluding hydrogens is 324 g/mol. The van der Waals surface area contributed by atoms with Crippen molar-refractivity contribution in [2.24, 2.45) is 0 Å². The van der Waals surface area contributed by atoms with Crippen molar-refractivity contribution in [3.05, 3.63) is 28.1 Å². The third-order valence-corrected chi connectivity index (χ3v) is 3.59. The lowest BCUT2D eigenvalue weighted by Crippen LogP contribution is -2.21. The summed E-state index contributed by atoms with van der Waals surface area (Å²) in [6.45, 7) is -1.88. The number of rotatable bonds is 5. The molecule has 0 atom stereocenters. The summed E-state index contributed by atoms with van der Waals surface area (Å²) >= 11 is 0. The maximum atomic E-state index is 13.6. The van der Waals surface area contributed by atoms with Crippen LogP contribution in [0.25, 0.3) is 0 Å². The van der Waals surface area contributed by atoms with E-state index < -0.39 is 49.9 Å². The van der Waals surface area contributed by atoms with Crippen molar-refractivity contribution in [1.29, 1.82) is 0 Å². The third-order valence-electron chi connectivity index (χ3n) is 2.16. The molecule has 1 aromatic rings. The predicted octanol–water partition coefficient (Wildman–Crippen LogP) is 1.58. The Bertz CT molecular complexity index is 659. The van der Waals surface area contributed by atoms with E-state index in [9.17, 15) is 36.1 Å². The Morgan fingerprint density at radius 3 is 2.38 bits per heavy atom. The van der Waals surface area contributed by atoms with E-state index >= 15 is 0 Å². The summed E-state index contributed by atoms with van der Waals surface area (Å²) in [6.07, 6.45) is -4.79. The quantitative estimate of drug-likeness (QED) is 0.501. The molecule has 21 heavy (non-hydrogen) atoms. The van der Waals surface area contributed by atoms with Crippen LogP contribution >= 0.6 is 0 Å². The van der Waals surface area contributed by atoms with E-state index in [1.165, 1.54) is 0 Å². The molecule has 0 aliphatic carbocycles. The van der Waals surface area contributed by atoms with Crippen LogP contribution in [0.15, 0.2) is 17.0 Å². The van der Waals surface area contributed by atoms with Crippen molar-refractivity contribution in [1.82, 2.24) is 4.72 Å². The Morgan fingerprint density at radius 2 is 1.95 bits per heavy atom. The van der Waals surface area contributed by atoms with E-state index in [-0.39, 0.29) is 12.1 Å². The molecule has 12 heteroatoms.